The Balaban J connectivity index is 4.78. The Morgan fingerprint density at radius 1 is 0.846 bits per heavy atom. The molecule has 0 aliphatic carbocycles. The van der Waals surface area contributed by atoms with E-state index in [0.717, 1.165) is 17.6 Å². The zero-order valence-corrected chi connectivity index (χ0v) is 9.62. The highest BCUT2D eigenvalue weighted by atomic mass is 16.1. The number of ketones is 1. The molecule has 0 aliphatic rings. The monoisotopic (exact) mass is 180 g/mol. The van der Waals surface area contributed by atoms with Crippen LogP contribution in [0.4, 0.5) is 0 Å². The molecule has 0 saturated carbocycles. The molecule has 0 aromatic carbocycles. The van der Waals surface area contributed by atoms with Gasteiger partial charge in [0.2, 0.25) is 0 Å². The lowest BCUT2D eigenvalue weighted by Crippen LogP contribution is -2.00. The summed E-state index contributed by atoms with van der Waals surface area (Å²) in [6, 6.07) is 0. The first-order chi connectivity index (χ1) is 5.86. The molecular formula is C12H20O. The Kier molecular flexibility index (Phi) is 4.68. The van der Waals surface area contributed by atoms with Crippen LogP contribution in [0.2, 0.25) is 0 Å². The molecule has 0 unspecified atom stereocenters. The maximum atomic E-state index is 11.3. The highest BCUT2D eigenvalue weighted by Crippen LogP contribution is 2.18. The fourth-order valence-corrected chi connectivity index (χ4v) is 1.10. The first-order valence-corrected chi connectivity index (χ1v) is 4.66. The van der Waals surface area contributed by atoms with E-state index in [1.807, 2.05) is 13.8 Å². The Bertz CT molecular complexity index is 259. The van der Waals surface area contributed by atoms with Gasteiger partial charge in [-0.3, -0.25) is 4.79 Å². The van der Waals surface area contributed by atoms with Crippen LogP contribution in [0.25, 0.3) is 0 Å². The molecule has 0 bridgehead atoms. The number of rotatable bonds is 3. The molecule has 0 heterocycles. The molecule has 1 heteroatoms. The van der Waals surface area contributed by atoms with Crippen molar-refractivity contribution in [2.75, 3.05) is 0 Å². The third-order valence-corrected chi connectivity index (χ3v) is 2.32. The Labute approximate surface area is 81.5 Å². The van der Waals surface area contributed by atoms with E-state index in [1.165, 1.54) is 11.1 Å². The molecule has 0 atom stereocenters. The summed E-state index contributed by atoms with van der Waals surface area (Å²) in [5.74, 6) is 0.195. The first kappa shape index (κ1) is 12.2. The van der Waals surface area contributed by atoms with Gasteiger partial charge in [-0.05, 0) is 53.5 Å². The van der Waals surface area contributed by atoms with Crippen LogP contribution in [0.1, 0.15) is 48.0 Å². The van der Waals surface area contributed by atoms with Gasteiger partial charge >= 0.3 is 0 Å². The van der Waals surface area contributed by atoms with Gasteiger partial charge in [-0.1, -0.05) is 16.7 Å². The Morgan fingerprint density at radius 2 is 1.31 bits per heavy atom. The quantitative estimate of drug-likeness (QED) is 0.478. The summed E-state index contributed by atoms with van der Waals surface area (Å²) < 4.78 is 0. The molecule has 0 aromatic rings. The van der Waals surface area contributed by atoms with Gasteiger partial charge in [0, 0.05) is 0 Å². The predicted octanol–water partition coefficient (Wildman–Crippen LogP) is 3.66. The topological polar surface area (TPSA) is 17.1 Å². The van der Waals surface area contributed by atoms with Crippen LogP contribution in [0.3, 0.4) is 0 Å². The van der Waals surface area contributed by atoms with Crippen LogP contribution < -0.4 is 0 Å². The van der Waals surface area contributed by atoms with Gasteiger partial charge in [-0.2, -0.15) is 0 Å². The first-order valence-electron chi connectivity index (χ1n) is 4.66. The highest BCUT2D eigenvalue weighted by Gasteiger charge is 2.06. The predicted molar refractivity (Wildman–Crippen MR) is 57.7 cm³/mol. The van der Waals surface area contributed by atoms with Crippen LogP contribution in [0.5, 0.6) is 0 Å². The number of carbonyl (C=O) groups is 1. The van der Waals surface area contributed by atoms with E-state index >= 15 is 0 Å². The number of allylic oxidation sites excluding steroid dienone is 4. The fraction of sp³-hybridized carbons (Fsp3) is 0.583. The van der Waals surface area contributed by atoms with Crippen LogP contribution in [0.15, 0.2) is 22.3 Å². The molecule has 0 aromatic heterocycles. The summed E-state index contributed by atoms with van der Waals surface area (Å²) in [6.07, 6.45) is 0.806. The lowest BCUT2D eigenvalue weighted by Gasteiger charge is -2.08. The molecule has 13 heavy (non-hydrogen) atoms. The zero-order chi connectivity index (χ0) is 10.6. The molecule has 0 aliphatic heterocycles. The average molecular weight is 180 g/mol. The summed E-state index contributed by atoms with van der Waals surface area (Å²) in [7, 11) is 0. The van der Waals surface area contributed by atoms with Gasteiger partial charge in [0.1, 0.15) is 0 Å². The third kappa shape index (κ3) is 4.07. The summed E-state index contributed by atoms with van der Waals surface area (Å²) in [4.78, 5) is 11.3. The molecule has 0 N–H and O–H groups in total. The van der Waals surface area contributed by atoms with Crippen LogP contribution in [-0.4, -0.2) is 5.78 Å². The molecule has 0 rings (SSSR count). The van der Waals surface area contributed by atoms with Crippen molar-refractivity contribution < 1.29 is 4.79 Å². The summed E-state index contributed by atoms with van der Waals surface area (Å²) >= 11 is 0. The molecule has 0 radical (unpaired) electrons. The second-order valence-corrected chi connectivity index (χ2v) is 3.99. The highest BCUT2D eigenvalue weighted by molar-refractivity contribution is 5.94. The van der Waals surface area contributed by atoms with Crippen molar-refractivity contribution in [1.29, 1.82) is 0 Å². The normalized spacial score (nSPS) is 9.38. The van der Waals surface area contributed by atoms with Gasteiger partial charge in [0.25, 0.3) is 0 Å². The fourth-order valence-electron chi connectivity index (χ4n) is 1.10. The Hall–Kier alpha value is -0.850. The van der Waals surface area contributed by atoms with Crippen molar-refractivity contribution in [1.82, 2.24) is 0 Å². The van der Waals surface area contributed by atoms with Gasteiger partial charge in [0.15, 0.2) is 5.78 Å². The smallest absolute Gasteiger partial charge is 0.156 e. The van der Waals surface area contributed by atoms with E-state index in [0.29, 0.717) is 0 Å². The zero-order valence-electron chi connectivity index (χ0n) is 9.62. The molecule has 0 fully saturated rings. The maximum Gasteiger partial charge on any atom is 0.156 e. The minimum Gasteiger partial charge on any atom is -0.295 e. The number of hydrogen-bond acceptors (Lipinski definition) is 1. The lowest BCUT2D eigenvalue weighted by molar-refractivity contribution is -0.113. The minimum absolute atomic E-state index is 0.195. The van der Waals surface area contributed by atoms with Crippen molar-refractivity contribution in [2.45, 2.75) is 48.0 Å². The largest absolute Gasteiger partial charge is 0.295 e. The van der Waals surface area contributed by atoms with Crippen LogP contribution in [0, 0.1) is 0 Å². The standard InChI is InChI=1S/C12H20O/c1-8(2)10(5)7-12(9(3)4)11(6)13/h7H2,1-6H3. The lowest BCUT2D eigenvalue weighted by atomic mass is 9.97. The molecule has 0 amide bonds. The van der Waals surface area contributed by atoms with Crippen molar-refractivity contribution >= 4 is 5.78 Å². The second-order valence-electron chi connectivity index (χ2n) is 3.99. The molecule has 74 valence electrons. The number of Topliss-reactive ketones (excluding diaryl/α,β-unsaturated/α-hetero) is 1. The SMILES string of the molecule is CC(=O)C(CC(C)=C(C)C)=C(C)C. The molecular weight excluding hydrogens is 160 g/mol. The minimum atomic E-state index is 0.195. The number of carbonyl (C=O) groups excluding carboxylic acids is 1. The summed E-state index contributed by atoms with van der Waals surface area (Å²) in [5, 5.41) is 0. The van der Waals surface area contributed by atoms with Crippen molar-refractivity contribution in [2.24, 2.45) is 0 Å². The van der Waals surface area contributed by atoms with Crippen molar-refractivity contribution in [3.05, 3.63) is 22.3 Å². The molecule has 1 nitrogen and oxygen atoms in total. The summed E-state index contributed by atoms with van der Waals surface area (Å²) in [6.45, 7) is 11.9. The van der Waals surface area contributed by atoms with Gasteiger partial charge < -0.3 is 0 Å². The van der Waals surface area contributed by atoms with E-state index in [-0.39, 0.29) is 5.78 Å². The average Bonchev–Trinajstić information content (AvgIpc) is 1.97. The van der Waals surface area contributed by atoms with E-state index in [2.05, 4.69) is 20.8 Å². The van der Waals surface area contributed by atoms with E-state index < -0.39 is 0 Å². The van der Waals surface area contributed by atoms with Gasteiger partial charge in [-0.15, -0.1) is 0 Å². The van der Waals surface area contributed by atoms with Crippen molar-refractivity contribution in [3.63, 3.8) is 0 Å². The second kappa shape index (κ2) is 5.00. The van der Waals surface area contributed by atoms with Crippen LogP contribution >= 0.6 is 0 Å². The number of hydrogen-bond donors (Lipinski definition) is 0. The molecule has 0 saturated heterocycles. The Morgan fingerprint density at radius 3 is 1.54 bits per heavy atom. The van der Waals surface area contributed by atoms with Crippen LogP contribution in [-0.2, 0) is 4.79 Å². The third-order valence-electron chi connectivity index (χ3n) is 2.32. The van der Waals surface area contributed by atoms with Gasteiger partial charge in [0.05, 0.1) is 0 Å². The summed E-state index contributed by atoms with van der Waals surface area (Å²) in [5.41, 5.74) is 4.69. The van der Waals surface area contributed by atoms with E-state index in [4.69, 9.17) is 0 Å². The van der Waals surface area contributed by atoms with E-state index in [1.54, 1.807) is 6.92 Å². The maximum absolute atomic E-state index is 11.3. The van der Waals surface area contributed by atoms with Gasteiger partial charge in [-0.25, -0.2) is 0 Å². The van der Waals surface area contributed by atoms with E-state index in [9.17, 15) is 4.79 Å². The molecule has 0 spiro atoms. The van der Waals surface area contributed by atoms with Crippen molar-refractivity contribution in [3.8, 4) is 0 Å².